The molecule has 1 aromatic rings. The molecule has 0 bridgehead atoms. The third kappa shape index (κ3) is 3.65. The van der Waals surface area contributed by atoms with E-state index in [-0.39, 0.29) is 17.3 Å². The molecule has 0 radical (unpaired) electrons. The first-order chi connectivity index (χ1) is 8.56. The van der Waals surface area contributed by atoms with Crippen molar-refractivity contribution in [3.63, 3.8) is 0 Å². The summed E-state index contributed by atoms with van der Waals surface area (Å²) in [5.41, 5.74) is 1.35. The Kier molecular flexibility index (Phi) is 4.98. The minimum atomic E-state index is 0.0456. The minimum Gasteiger partial charge on any atom is -0.349 e. The van der Waals surface area contributed by atoms with Crippen molar-refractivity contribution in [1.82, 2.24) is 5.32 Å². The molecule has 1 aliphatic rings. The minimum absolute atomic E-state index is 0.0456. The van der Waals surface area contributed by atoms with Crippen LogP contribution in [-0.4, -0.2) is 23.1 Å². The zero-order valence-electron chi connectivity index (χ0n) is 10.7. The topological polar surface area (TPSA) is 29.1 Å². The second-order valence-corrected chi connectivity index (χ2v) is 7.74. The van der Waals surface area contributed by atoms with Gasteiger partial charge in [0, 0.05) is 22.0 Å². The van der Waals surface area contributed by atoms with Crippen molar-refractivity contribution in [1.29, 1.82) is 0 Å². The molecular formula is C13H18ClNOS2. The van der Waals surface area contributed by atoms with Crippen molar-refractivity contribution in [3.8, 4) is 0 Å². The van der Waals surface area contributed by atoms with Crippen LogP contribution >= 0.6 is 34.7 Å². The number of fused-ring (bicyclic) bond motifs is 1. The molecule has 2 heterocycles. The highest BCUT2D eigenvalue weighted by Crippen LogP contribution is 2.31. The van der Waals surface area contributed by atoms with E-state index in [9.17, 15) is 4.79 Å². The number of halogens is 1. The molecule has 0 saturated heterocycles. The quantitative estimate of drug-likeness (QED) is 0.860. The van der Waals surface area contributed by atoms with Crippen LogP contribution in [0.5, 0.6) is 0 Å². The van der Waals surface area contributed by atoms with Gasteiger partial charge in [0.15, 0.2) is 0 Å². The molecule has 0 fully saturated rings. The Balaban J connectivity index is 1.98. The summed E-state index contributed by atoms with van der Waals surface area (Å²) >= 11 is 9.52. The number of carbonyl (C=O) groups excluding carboxylic acids is 1. The van der Waals surface area contributed by atoms with Crippen LogP contribution in [0.1, 0.15) is 40.4 Å². The molecular weight excluding hydrogens is 286 g/mol. The Labute approximate surface area is 121 Å². The third-order valence-electron chi connectivity index (χ3n) is 2.91. The standard InChI is InChI=1S/C13H18ClNOS2/c1-8(14)5-9(2)15-13(16)12-6-10-7-17-4-3-11(10)18-12/h6,8-9H,3-5,7H2,1-2H3,(H,15,16). The molecule has 2 atom stereocenters. The zero-order chi connectivity index (χ0) is 13.1. The lowest BCUT2D eigenvalue weighted by Crippen LogP contribution is -2.33. The first-order valence-electron chi connectivity index (χ1n) is 6.20. The maximum absolute atomic E-state index is 12.1. The smallest absolute Gasteiger partial charge is 0.261 e. The number of amides is 1. The number of hydrogen-bond acceptors (Lipinski definition) is 3. The molecule has 5 heteroatoms. The molecule has 0 spiro atoms. The van der Waals surface area contributed by atoms with Crippen molar-refractivity contribution in [2.45, 2.75) is 43.9 Å². The highest BCUT2D eigenvalue weighted by molar-refractivity contribution is 7.98. The summed E-state index contributed by atoms with van der Waals surface area (Å²) in [6.07, 6.45) is 1.90. The summed E-state index contributed by atoms with van der Waals surface area (Å²) in [7, 11) is 0. The van der Waals surface area contributed by atoms with Gasteiger partial charge in [-0.2, -0.15) is 11.8 Å². The van der Waals surface area contributed by atoms with Crippen molar-refractivity contribution < 1.29 is 4.79 Å². The van der Waals surface area contributed by atoms with Gasteiger partial charge in [0.1, 0.15) is 0 Å². The molecule has 2 unspecified atom stereocenters. The second kappa shape index (κ2) is 6.31. The summed E-state index contributed by atoms with van der Waals surface area (Å²) < 4.78 is 0. The maximum atomic E-state index is 12.1. The zero-order valence-corrected chi connectivity index (χ0v) is 13.1. The van der Waals surface area contributed by atoms with Crippen LogP contribution in [0.25, 0.3) is 0 Å². The van der Waals surface area contributed by atoms with E-state index in [0.29, 0.717) is 0 Å². The van der Waals surface area contributed by atoms with E-state index in [2.05, 4.69) is 11.4 Å². The second-order valence-electron chi connectivity index (χ2n) is 4.75. The highest BCUT2D eigenvalue weighted by atomic mass is 35.5. The third-order valence-corrected chi connectivity index (χ3v) is 5.33. The number of thiophene rings is 1. The van der Waals surface area contributed by atoms with Crippen LogP contribution in [0, 0.1) is 0 Å². The van der Waals surface area contributed by atoms with Crippen LogP contribution in [-0.2, 0) is 12.2 Å². The van der Waals surface area contributed by atoms with Gasteiger partial charge in [-0.1, -0.05) is 0 Å². The van der Waals surface area contributed by atoms with E-state index in [1.807, 2.05) is 25.6 Å². The monoisotopic (exact) mass is 303 g/mol. The Hall–Kier alpha value is -0.190. The average Bonchev–Trinajstić information content (AvgIpc) is 2.71. The lowest BCUT2D eigenvalue weighted by Gasteiger charge is -2.14. The van der Waals surface area contributed by atoms with Crippen molar-refractivity contribution >= 4 is 40.6 Å². The maximum Gasteiger partial charge on any atom is 0.261 e. The van der Waals surface area contributed by atoms with Gasteiger partial charge in [0.25, 0.3) is 5.91 Å². The fourth-order valence-corrected chi connectivity index (χ4v) is 4.64. The number of nitrogens with one attached hydrogen (secondary N) is 1. The van der Waals surface area contributed by atoms with Gasteiger partial charge in [-0.3, -0.25) is 4.79 Å². The molecule has 1 N–H and O–H groups in total. The molecule has 2 rings (SSSR count). The van der Waals surface area contributed by atoms with Gasteiger partial charge in [-0.05, 0) is 44.1 Å². The Bertz CT molecular complexity index is 407. The van der Waals surface area contributed by atoms with E-state index >= 15 is 0 Å². The lowest BCUT2D eigenvalue weighted by molar-refractivity contribution is 0.0942. The van der Waals surface area contributed by atoms with Crippen LogP contribution in [0.2, 0.25) is 0 Å². The van der Waals surface area contributed by atoms with Crippen LogP contribution < -0.4 is 5.32 Å². The van der Waals surface area contributed by atoms with E-state index in [4.69, 9.17) is 11.6 Å². The number of alkyl halides is 1. The molecule has 1 aromatic heterocycles. The molecule has 0 saturated carbocycles. The molecule has 2 nitrogen and oxygen atoms in total. The molecule has 0 aromatic carbocycles. The number of rotatable bonds is 4. The van der Waals surface area contributed by atoms with Gasteiger partial charge >= 0.3 is 0 Å². The highest BCUT2D eigenvalue weighted by Gasteiger charge is 2.18. The predicted octanol–water partition coefficient (Wildman–Crippen LogP) is 3.67. The van der Waals surface area contributed by atoms with Crippen molar-refractivity contribution in [3.05, 3.63) is 21.4 Å². The van der Waals surface area contributed by atoms with Crippen molar-refractivity contribution in [2.24, 2.45) is 0 Å². The van der Waals surface area contributed by atoms with Gasteiger partial charge in [-0.15, -0.1) is 22.9 Å². The Morgan fingerprint density at radius 2 is 2.33 bits per heavy atom. The van der Waals surface area contributed by atoms with Gasteiger partial charge in [-0.25, -0.2) is 0 Å². The van der Waals surface area contributed by atoms with E-state index < -0.39 is 0 Å². The summed E-state index contributed by atoms with van der Waals surface area (Å²) in [6, 6.07) is 2.18. The molecule has 0 aliphatic carbocycles. The normalized spacial score (nSPS) is 17.9. The van der Waals surface area contributed by atoms with Crippen LogP contribution in [0.4, 0.5) is 0 Å². The largest absolute Gasteiger partial charge is 0.349 e. The first kappa shape index (κ1) is 14.2. The van der Waals surface area contributed by atoms with Gasteiger partial charge in [0.2, 0.25) is 0 Å². The predicted molar refractivity (Wildman–Crippen MR) is 81.0 cm³/mol. The summed E-state index contributed by atoms with van der Waals surface area (Å²) in [4.78, 5) is 14.3. The van der Waals surface area contributed by atoms with Crippen LogP contribution in [0.3, 0.4) is 0 Å². The first-order valence-corrected chi connectivity index (χ1v) is 8.61. The number of thioether (sulfide) groups is 1. The molecule has 18 heavy (non-hydrogen) atoms. The van der Waals surface area contributed by atoms with Gasteiger partial charge in [0.05, 0.1) is 4.88 Å². The SMILES string of the molecule is CC(Cl)CC(C)NC(=O)c1cc2c(s1)CCSC2. The van der Waals surface area contributed by atoms with Gasteiger partial charge < -0.3 is 5.32 Å². The number of carbonyl (C=O) groups is 1. The average molecular weight is 304 g/mol. The molecule has 1 amide bonds. The van der Waals surface area contributed by atoms with E-state index in [0.717, 1.165) is 23.5 Å². The summed E-state index contributed by atoms with van der Waals surface area (Å²) in [5.74, 6) is 2.27. The number of aryl methyl sites for hydroxylation is 1. The van der Waals surface area contributed by atoms with E-state index in [1.54, 1.807) is 11.3 Å². The molecule has 1 aliphatic heterocycles. The fraction of sp³-hybridized carbons (Fsp3) is 0.615. The van der Waals surface area contributed by atoms with Crippen molar-refractivity contribution in [2.75, 3.05) is 5.75 Å². The lowest BCUT2D eigenvalue weighted by atomic mass is 10.2. The summed E-state index contributed by atoms with van der Waals surface area (Å²) in [6.45, 7) is 3.95. The Morgan fingerprint density at radius 1 is 1.56 bits per heavy atom. The Morgan fingerprint density at radius 3 is 3.00 bits per heavy atom. The van der Waals surface area contributed by atoms with Crippen LogP contribution in [0.15, 0.2) is 6.07 Å². The fourth-order valence-electron chi connectivity index (χ4n) is 2.10. The summed E-state index contributed by atoms with van der Waals surface area (Å²) in [5, 5.41) is 3.11. The molecule has 100 valence electrons. The van der Waals surface area contributed by atoms with E-state index in [1.165, 1.54) is 16.2 Å². The number of hydrogen-bond donors (Lipinski definition) is 1.